The zero-order chi connectivity index (χ0) is 13.2. The number of amides is 1. The molecule has 0 aliphatic heterocycles. The third-order valence-corrected chi connectivity index (χ3v) is 2.44. The van der Waals surface area contributed by atoms with Crippen LogP contribution in [0.5, 0.6) is 5.75 Å². The Balaban J connectivity index is 3.16. The Morgan fingerprint density at radius 2 is 1.88 bits per heavy atom. The van der Waals surface area contributed by atoms with Crippen molar-refractivity contribution in [2.75, 3.05) is 7.11 Å². The lowest BCUT2D eigenvalue weighted by Gasteiger charge is -2.21. The molecule has 1 aromatic carbocycles. The first-order valence-corrected chi connectivity index (χ1v) is 5.86. The predicted molar refractivity (Wildman–Crippen MR) is 70.2 cm³/mol. The van der Waals surface area contributed by atoms with Gasteiger partial charge in [-0.05, 0) is 32.9 Å². The zero-order valence-corrected chi connectivity index (χ0v) is 11.7. The first-order chi connectivity index (χ1) is 7.74. The highest BCUT2D eigenvalue weighted by Gasteiger charge is 2.20. The van der Waals surface area contributed by atoms with E-state index in [1.54, 1.807) is 0 Å². The van der Waals surface area contributed by atoms with E-state index in [2.05, 4.69) is 5.32 Å². The van der Waals surface area contributed by atoms with Gasteiger partial charge in [0.05, 0.1) is 17.7 Å². The Labute approximate surface area is 111 Å². The Hall–Kier alpha value is -0.930. The molecular formula is C12H15Cl2NO2. The standard InChI is InChI=1S/C12H15Cl2NO2/c1-12(2,3)15-11(16)8-5-7(13)6-9(14)10(8)17-4/h5-6H,1-4H3,(H,15,16). The second-order valence-electron chi connectivity index (χ2n) is 4.67. The minimum absolute atomic E-state index is 0.265. The molecule has 0 aliphatic rings. The summed E-state index contributed by atoms with van der Waals surface area (Å²) >= 11 is 11.8. The van der Waals surface area contributed by atoms with E-state index in [1.807, 2.05) is 20.8 Å². The lowest BCUT2D eigenvalue weighted by Crippen LogP contribution is -2.40. The van der Waals surface area contributed by atoms with Crippen molar-refractivity contribution < 1.29 is 9.53 Å². The molecule has 0 saturated heterocycles. The van der Waals surface area contributed by atoms with Crippen LogP contribution in [-0.2, 0) is 0 Å². The summed E-state index contributed by atoms with van der Waals surface area (Å²) in [7, 11) is 1.46. The van der Waals surface area contributed by atoms with E-state index in [0.717, 1.165) is 0 Å². The smallest absolute Gasteiger partial charge is 0.255 e. The van der Waals surface area contributed by atoms with Crippen molar-refractivity contribution in [3.05, 3.63) is 27.7 Å². The van der Waals surface area contributed by atoms with E-state index in [-0.39, 0.29) is 11.4 Å². The monoisotopic (exact) mass is 275 g/mol. The van der Waals surface area contributed by atoms with Gasteiger partial charge in [-0.3, -0.25) is 4.79 Å². The second kappa shape index (κ2) is 5.15. The lowest BCUT2D eigenvalue weighted by molar-refractivity contribution is 0.0916. The third-order valence-electron chi connectivity index (χ3n) is 1.95. The van der Waals surface area contributed by atoms with Gasteiger partial charge in [0, 0.05) is 10.6 Å². The number of hydrogen-bond acceptors (Lipinski definition) is 2. The van der Waals surface area contributed by atoms with Crippen molar-refractivity contribution in [2.24, 2.45) is 0 Å². The normalized spacial score (nSPS) is 11.2. The molecule has 0 aromatic heterocycles. The summed E-state index contributed by atoms with van der Waals surface area (Å²) in [4.78, 5) is 12.0. The molecule has 0 unspecified atom stereocenters. The minimum Gasteiger partial charge on any atom is -0.494 e. The maximum absolute atomic E-state index is 12.0. The summed E-state index contributed by atoms with van der Waals surface area (Å²) in [6.07, 6.45) is 0. The minimum atomic E-state index is -0.336. The molecule has 94 valence electrons. The van der Waals surface area contributed by atoms with Crippen LogP contribution in [0.25, 0.3) is 0 Å². The van der Waals surface area contributed by atoms with Crippen molar-refractivity contribution in [2.45, 2.75) is 26.3 Å². The van der Waals surface area contributed by atoms with Gasteiger partial charge in [-0.1, -0.05) is 23.2 Å². The Kier molecular flexibility index (Phi) is 4.28. The van der Waals surface area contributed by atoms with Crippen LogP contribution < -0.4 is 10.1 Å². The highest BCUT2D eigenvalue weighted by molar-refractivity contribution is 6.36. The fraction of sp³-hybridized carbons (Fsp3) is 0.417. The van der Waals surface area contributed by atoms with Crippen LogP contribution in [0.4, 0.5) is 0 Å². The van der Waals surface area contributed by atoms with Crippen LogP contribution in [0.15, 0.2) is 12.1 Å². The molecule has 0 radical (unpaired) electrons. The Morgan fingerprint density at radius 3 is 2.35 bits per heavy atom. The van der Waals surface area contributed by atoms with Gasteiger partial charge in [0.1, 0.15) is 5.75 Å². The van der Waals surface area contributed by atoms with Crippen LogP contribution in [-0.4, -0.2) is 18.6 Å². The molecule has 5 heteroatoms. The molecule has 0 saturated carbocycles. The number of nitrogens with one attached hydrogen (secondary N) is 1. The van der Waals surface area contributed by atoms with Crippen LogP contribution in [0, 0.1) is 0 Å². The molecule has 1 N–H and O–H groups in total. The van der Waals surface area contributed by atoms with Crippen LogP contribution in [0.1, 0.15) is 31.1 Å². The maximum Gasteiger partial charge on any atom is 0.255 e. The van der Waals surface area contributed by atoms with Gasteiger partial charge in [-0.25, -0.2) is 0 Å². The SMILES string of the molecule is COc1c(Cl)cc(Cl)cc1C(=O)NC(C)(C)C. The van der Waals surface area contributed by atoms with Crippen molar-refractivity contribution in [1.29, 1.82) is 0 Å². The molecule has 17 heavy (non-hydrogen) atoms. The number of rotatable bonds is 2. The van der Waals surface area contributed by atoms with E-state index < -0.39 is 0 Å². The maximum atomic E-state index is 12.0. The van der Waals surface area contributed by atoms with E-state index in [4.69, 9.17) is 27.9 Å². The third kappa shape index (κ3) is 3.79. The number of hydrogen-bond donors (Lipinski definition) is 1. The Morgan fingerprint density at radius 1 is 1.29 bits per heavy atom. The molecule has 1 rings (SSSR count). The first-order valence-electron chi connectivity index (χ1n) is 5.10. The number of carbonyl (C=O) groups is 1. The fourth-order valence-corrected chi connectivity index (χ4v) is 1.91. The number of ether oxygens (including phenoxy) is 1. The summed E-state index contributed by atoms with van der Waals surface area (Å²) in [6.45, 7) is 5.68. The van der Waals surface area contributed by atoms with Crippen LogP contribution in [0.2, 0.25) is 10.0 Å². The van der Waals surface area contributed by atoms with Crippen LogP contribution in [0.3, 0.4) is 0 Å². The van der Waals surface area contributed by atoms with Crippen molar-refractivity contribution >= 4 is 29.1 Å². The Bertz CT molecular complexity index is 439. The topological polar surface area (TPSA) is 38.3 Å². The lowest BCUT2D eigenvalue weighted by atomic mass is 10.1. The predicted octanol–water partition coefficient (Wildman–Crippen LogP) is 3.53. The first kappa shape index (κ1) is 14.1. The second-order valence-corrected chi connectivity index (χ2v) is 5.52. The number of halogens is 2. The summed E-state index contributed by atoms with van der Waals surface area (Å²) in [5.74, 6) is 0.0663. The molecule has 0 spiro atoms. The van der Waals surface area contributed by atoms with E-state index in [1.165, 1.54) is 19.2 Å². The molecule has 1 amide bonds. The number of carbonyl (C=O) groups excluding carboxylic acids is 1. The van der Waals surface area contributed by atoms with Crippen molar-refractivity contribution in [1.82, 2.24) is 5.32 Å². The van der Waals surface area contributed by atoms with E-state index in [9.17, 15) is 4.79 Å². The summed E-state index contributed by atoms with van der Waals surface area (Å²) in [5, 5.41) is 3.54. The van der Waals surface area contributed by atoms with Gasteiger partial charge in [-0.15, -0.1) is 0 Å². The average Bonchev–Trinajstić information content (AvgIpc) is 2.13. The van der Waals surface area contributed by atoms with Crippen molar-refractivity contribution in [3.63, 3.8) is 0 Å². The number of benzene rings is 1. The molecule has 1 aromatic rings. The molecule has 0 atom stereocenters. The van der Waals surface area contributed by atoms with Gasteiger partial charge in [0.25, 0.3) is 5.91 Å². The van der Waals surface area contributed by atoms with Crippen LogP contribution >= 0.6 is 23.2 Å². The quantitative estimate of drug-likeness (QED) is 0.897. The van der Waals surface area contributed by atoms with Gasteiger partial charge < -0.3 is 10.1 Å². The average molecular weight is 276 g/mol. The molecule has 0 aliphatic carbocycles. The highest BCUT2D eigenvalue weighted by atomic mass is 35.5. The van der Waals surface area contributed by atoms with Gasteiger partial charge in [-0.2, -0.15) is 0 Å². The molecule has 0 bridgehead atoms. The van der Waals surface area contributed by atoms with Gasteiger partial charge >= 0.3 is 0 Å². The summed E-state index contributed by atoms with van der Waals surface area (Å²) in [5.41, 5.74) is -0.00316. The molecular weight excluding hydrogens is 261 g/mol. The van der Waals surface area contributed by atoms with Gasteiger partial charge in [0.15, 0.2) is 0 Å². The summed E-state index contributed by atoms with van der Waals surface area (Å²) < 4.78 is 5.12. The fourth-order valence-electron chi connectivity index (χ4n) is 1.34. The molecule has 0 heterocycles. The molecule has 3 nitrogen and oxygen atoms in total. The zero-order valence-electron chi connectivity index (χ0n) is 10.2. The van der Waals surface area contributed by atoms with Crippen molar-refractivity contribution in [3.8, 4) is 5.75 Å². The highest BCUT2D eigenvalue weighted by Crippen LogP contribution is 2.32. The molecule has 0 fully saturated rings. The largest absolute Gasteiger partial charge is 0.494 e. The van der Waals surface area contributed by atoms with E-state index in [0.29, 0.717) is 21.4 Å². The van der Waals surface area contributed by atoms with Gasteiger partial charge in [0.2, 0.25) is 0 Å². The summed E-state index contributed by atoms with van der Waals surface area (Å²) in [6, 6.07) is 3.07. The van der Waals surface area contributed by atoms with E-state index >= 15 is 0 Å². The number of methoxy groups -OCH3 is 1.